The molecule has 0 fully saturated rings. The van der Waals surface area contributed by atoms with E-state index in [0.717, 1.165) is 5.56 Å². The van der Waals surface area contributed by atoms with Gasteiger partial charge in [0.1, 0.15) is 35.2 Å². The smallest absolute Gasteiger partial charge is 0.189 e. The van der Waals surface area contributed by atoms with Gasteiger partial charge in [-0.1, -0.05) is 6.08 Å². The van der Waals surface area contributed by atoms with Gasteiger partial charge in [0.05, 0.1) is 37.9 Å². The average molecular weight is 515 g/mol. The van der Waals surface area contributed by atoms with Crippen LogP contribution in [0.25, 0.3) is 6.08 Å². The molecule has 37 heavy (non-hydrogen) atoms. The predicted molar refractivity (Wildman–Crippen MR) is 136 cm³/mol. The van der Waals surface area contributed by atoms with Crippen molar-refractivity contribution < 1.29 is 42.7 Å². The minimum atomic E-state index is -0.580. The summed E-state index contributed by atoms with van der Waals surface area (Å²) < 4.78 is 44.6. The summed E-state index contributed by atoms with van der Waals surface area (Å²) in [6, 6.07) is 8.91. The Kier molecular flexibility index (Phi) is 9.04. The molecular formula is C28H34O9. The van der Waals surface area contributed by atoms with Gasteiger partial charge in [0.25, 0.3) is 0 Å². The zero-order valence-electron chi connectivity index (χ0n) is 21.7. The SMILES string of the molecule is COCCOCOc1ccc2c(c1)C(=O)C(c1cc3c(cc1OCOCCOC)OC(C)(C)C=C3)CO2. The van der Waals surface area contributed by atoms with Crippen LogP contribution in [0.5, 0.6) is 23.0 Å². The van der Waals surface area contributed by atoms with Crippen LogP contribution in [0.15, 0.2) is 36.4 Å². The summed E-state index contributed by atoms with van der Waals surface area (Å²) in [7, 11) is 3.21. The van der Waals surface area contributed by atoms with Crippen LogP contribution < -0.4 is 18.9 Å². The van der Waals surface area contributed by atoms with Crippen LogP contribution in [0.3, 0.4) is 0 Å². The molecule has 0 aromatic heterocycles. The van der Waals surface area contributed by atoms with E-state index in [1.807, 2.05) is 38.1 Å². The van der Waals surface area contributed by atoms with Crippen molar-refractivity contribution in [1.82, 2.24) is 0 Å². The van der Waals surface area contributed by atoms with Gasteiger partial charge in [0.15, 0.2) is 19.4 Å². The molecule has 0 aliphatic carbocycles. The standard InChI is InChI=1S/C28H34O9/c1-28(2)8-7-19-13-21(26(15-25(19)37-28)36-18-33-12-10-31-4)23-16-34-24-6-5-20(14-22(24)27(23)29)35-17-32-11-9-30-3/h5-8,13-15,23H,9-12,16-18H2,1-4H3. The van der Waals surface area contributed by atoms with E-state index in [9.17, 15) is 4.79 Å². The number of methoxy groups -OCH3 is 2. The van der Waals surface area contributed by atoms with E-state index >= 15 is 0 Å². The highest BCUT2D eigenvalue weighted by atomic mass is 16.7. The van der Waals surface area contributed by atoms with Crippen LogP contribution in [0.1, 0.15) is 41.3 Å². The molecule has 4 rings (SSSR count). The Bertz CT molecular complexity index is 1110. The second-order valence-corrected chi connectivity index (χ2v) is 9.18. The molecular weight excluding hydrogens is 480 g/mol. The summed E-state index contributed by atoms with van der Waals surface area (Å²) in [5, 5.41) is 0. The van der Waals surface area contributed by atoms with E-state index in [0.29, 0.717) is 60.6 Å². The second kappa shape index (κ2) is 12.4. The maximum Gasteiger partial charge on any atom is 0.189 e. The van der Waals surface area contributed by atoms with E-state index in [2.05, 4.69) is 0 Å². The predicted octanol–water partition coefficient (Wildman–Crippen LogP) is 4.23. The molecule has 1 atom stereocenters. The van der Waals surface area contributed by atoms with Gasteiger partial charge in [-0.3, -0.25) is 4.79 Å². The Balaban J connectivity index is 1.56. The summed E-state index contributed by atoms with van der Waals surface area (Å²) in [4.78, 5) is 13.7. The van der Waals surface area contributed by atoms with Crippen molar-refractivity contribution in [1.29, 1.82) is 0 Å². The van der Waals surface area contributed by atoms with E-state index in [1.54, 1.807) is 32.4 Å². The summed E-state index contributed by atoms with van der Waals surface area (Å²) in [5.74, 6) is 1.55. The van der Waals surface area contributed by atoms with Crippen molar-refractivity contribution in [2.45, 2.75) is 25.4 Å². The van der Waals surface area contributed by atoms with Gasteiger partial charge in [-0.25, -0.2) is 0 Å². The number of carbonyl (C=O) groups excluding carboxylic acids is 1. The Morgan fingerprint density at radius 1 is 0.919 bits per heavy atom. The van der Waals surface area contributed by atoms with Crippen LogP contribution in [0, 0.1) is 0 Å². The monoisotopic (exact) mass is 514 g/mol. The molecule has 2 aromatic carbocycles. The second-order valence-electron chi connectivity index (χ2n) is 9.18. The third-order valence-electron chi connectivity index (χ3n) is 5.96. The minimum Gasteiger partial charge on any atom is -0.492 e. The number of benzene rings is 2. The van der Waals surface area contributed by atoms with Gasteiger partial charge >= 0.3 is 0 Å². The summed E-state index contributed by atoms with van der Waals surface area (Å²) in [6.45, 7) is 5.93. The first-order valence-corrected chi connectivity index (χ1v) is 12.2. The summed E-state index contributed by atoms with van der Waals surface area (Å²) in [5.41, 5.74) is 1.56. The third-order valence-corrected chi connectivity index (χ3v) is 5.96. The molecule has 0 radical (unpaired) electrons. The van der Waals surface area contributed by atoms with Crippen molar-refractivity contribution >= 4 is 11.9 Å². The lowest BCUT2D eigenvalue weighted by atomic mass is 9.86. The van der Waals surface area contributed by atoms with E-state index in [1.165, 1.54) is 0 Å². The number of Topliss-reactive ketones (excluding diaryl/α,β-unsaturated/α-hetero) is 1. The fourth-order valence-corrected chi connectivity index (χ4v) is 4.02. The Morgan fingerprint density at radius 2 is 1.65 bits per heavy atom. The van der Waals surface area contributed by atoms with Crippen molar-refractivity contribution in [3.63, 3.8) is 0 Å². The van der Waals surface area contributed by atoms with Gasteiger partial charge in [-0.05, 0) is 44.2 Å². The maximum absolute atomic E-state index is 13.7. The number of hydrogen-bond donors (Lipinski definition) is 0. The van der Waals surface area contributed by atoms with Crippen LogP contribution in [0.2, 0.25) is 0 Å². The normalized spacial score (nSPS) is 17.4. The van der Waals surface area contributed by atoms with Crippen molar-refractivity contribution in [3.05, 3.63) is 53.1 Å². The fraction of sp³-hybridized carbons (Fsp3) is 0.464. The van der Waals surface area contributed by atoms with E-state index in [-0.39, 0.29) is 26.0 Å². The molecule has 0 amide bonds. The number of rotatable bonds is 13. The molecule has 2 aromatic rings. The minimum absolute atomic E-state index is 0.00773. The molecule has 2 aliphatic heterocycles. The van der Waals surface area contributed by atoms with Crippen molar-refractivity contribution in [3.8, 4) is 23.0 Å². The molecule has 9 nitrogen and oxygen atoms in total. The largest absolute Gasteiger partial charge is 0.492 e. The van der Waals surface area contributed by atoms with Gasteiger partial charge < -0.3 is 37.9 Å². The molecule has 0 N–H and O–H groups in total. The average Bonchev–Trinajstić information content (AvgIpc) is 2.88. The van der Waals surface area contributed by atoms with Crippen LogP contribution in [-0.4, -0.2) is 72.2 Å². The van der Waals surface area contributed by atoms with Crippen molar-refractivity contribution in [2.75, 3.05) is 60.8 Å². The number of fused-ring (bicyclic) bond motifs is 2. The van der Waals surface area contributed by atoms with Gasteiger partial charge in [-0.2, -0.15) is 0 Å². The summed E-state index contributed by atoms with van der Waals surface area (Å²) >= 11 is 0. The molecule has 1 unspecified atom stereocenters. The van der Waals surface area contributed by atoms with Crippen molar-refractivity contribution in [2.24, 2.45) is 0 Å². The highest BCUT2D eigenvalue weighted by Gasteiger charge is 2.34. The zero-order valence-corrected chi connectivity index (χ0v) is 21.7. The number of hydrogen-bond acceptors (Lipinski definition) is 9. The van der Waals surface area contributed by atoms with Crippen LogP contribution in [0.4, 0.5) is 0 Å². The molecule has 2 aliphatic rings. The first kappa shape index (κ1) is 26.9. The molecule has 0 bridgehead atoms. The lowest BCUT2D eigenvalue weighted by molar-refractivity contribution is -0.00927. The summed E-state index contributed by atoms with van der Waals surface area (Å²) in [6.07, 6.45) is 3.99. The highest BCUT2D eigenvalue weighted by Crippen LogP contribution is 2.42. The number of ether oxygens (including phenoxy) is 8. The van der Waals surface area contributed by atoms with Gasteiger partial charge in [0, 0.05) is 31.4 Å². The zero-order chi connectivity index (χ0) is 26.3. The number of ketones is 1. The van der Waals surface area contributed by atoms with Gasteiger partial charge in [0.2, 0.25) is 0 Å². The van der Waals surface area contributed by atoms with E-state index < -0.39 is 11.5 Å². The lowest BCUT2D eigenvalue weighted by Crippen LogP contribution is -2.29. The topological polar surface area (TPSA) is 90.9 Å². The fourth-order valence-electron chi connectivity index (χ4n) is 4.02. The Labute approximate surface area is 217 Å². The Morgan fingerprint density at radius 3 is 2.38 bits per heavy atom. The first-order chi connectivity index (χ1) is 17.9. The molecule has 200 valence electrons. The molecule has 2 heterocycles. The van der Waals surface area contributed by atoms with Crippen LogP contribution in [-0.2, 0) is 18.9 Å². The quantitative estimate of drug-likeness (QED) is 0.288. The molecule has 0 saturated carbocycles. The molecule has 9 heteroatoms. The van der Waals surface area contributed by atoms with Gasteiger partial charge in [-0.15, -0.1) is 0 Å². The lowest BCUT2D eigenvalue weighted by Gasteiger charge is -2.30. The van der Waals surface area contributed by atoms with Crippen LogP contribution >= 0.6 is 0 Å². The highest BCUT2D eigenvalue weighted by molar-refractivity contribution is 6.05. The maximum atomic E-state index is 13.7. The Hall–Kier alpha value is -3.11. The third kappa shape index (κ3) is 6.81. The van der Waals surface area contributed by atoms with E-state index in [4.69, 9.17) is 37.9 Å². The first-order valence-electron chi connectivity index (χ1n) is 12.2. The molecule has 0 saturated heterocycles. The number of carbonyl (C=O) groups is 1. The molecule has 0 spiro atoms.